The summed E-state index contributed by atoms with van der Waals surface area (Å²) in [7, 11) is 1.59. The number of aryl methyl sites for hydroxylation is 1. The minimum absolute atomic E-state index is 0.0630. The fourth-order valence-corrected chi connectivity index (χ4v) is 3.73. The number of amides is 3. The summed E-state index contributed by atoms with van der Waals surface area (Å²) in [5.41, 5.74) is 1.25. The second kappa shape index (κ2) is 10.1. The van der Waals surface area contributed by atoms with Crippen molar-refractivity contribution in [1.82, 2.24) is 10.2 Å². The van der Waals surface area contributed by atoms with E-state index in [9.17, 15) is 18.8 Å². The number of methoxy groups -OCH3 is 1. The maximum Gasteiger partial charge on any atom is 0.293 e. The third kappa shape index (κ3) is 5.48. The maximum atomic E-state index is 13.8. The van der Waals surface area contributed by atoms with Crippen LogP contribution in [-0.2, 0) is 16.0 Å². The van der Waals surface area contributed by atoms with Crippen LogP contribution in [0, 0.1) is 5.82 Å². The van der Waals surface area contributed by atoms with Crippen LogP contribution in [-0.4, -0.2) is 42.2 Å². The van der Waals surface area contributed by atoms with Gasteiger partial charge in [-0.2, -0.15) is 0 Å². The molecule has 0 radical (unpaired) electrons. The summed E-state index contributed by atoms with van der Waals surface area (Å²) in [5, 5.41) is 2.28. The molecule has 30 heavy (non-hydrogen) atoms. The first-order valence-electron chi connectivity index (χ1n) is 9.37. The Balaban J connectivity index is 1.47. The van der Waals surface area contributed by atoms with Crippen molar-refractivity contribution in [2.24, 2.45) is 0 Å². The minimum Gasteiger partial charge on any atom is -0.497 e. The quantitative estimate of drug-likeness (QED) is 0.650. The van der Waals surface area contributed by atoms with Crippen LogP contribution in [0.25, 0.3) is 6.08 Å². The molecule has 0 unspecified atom stereocenters. The SMILES string of the molecule is COc1ccc(CCC(=O)NCCN2C(=O)S/C(=C\c3ccccc3F)C2=O)cc1. The molecule has 2 aromatic rings. The van der Waals surface area contributed by atoms with Gasteiger partial charge in [0.1, 0.15) is 11.6 Å². The smallest absolute Gasteiger partial charge is 0.293 e. The molecule has 156 valence electrons. The number of ether oxygens (including phenoxy) is 1. The number of halogens is 1. The van der Waals surface area contributed by atoms with Gasteiger partial charge < -0.3 is 10.1 Å². The molecule has 3 amide bonds. The van der Waals surface area contributed by atoms with Crippen LogP contribution < -0.4 is 10.1 Å². The van der Waals surface area contributed by atoms with Gasteiger partial charge in [-0.05, 0) is 48.0 Å². The van der Waals surface area contributed by atoms with E-state index in [0.717, 1.165) is 28.0 Å². The molecule has 1 N–H and O–H groups in total. The van der Waals surface area contributed by atoms with Gasteiger partial charge in [-0.3, -0.25) is 19.3 Å². The molecule has 2 aromatic carbocycles. The van der Waals surface area contributed by atoms with Crippen LogP contribution >= 0.6 is 11.8 Å². The average Bonchev–Trinajstić information content (AvgIpc) is 3.01. The molecular formula is C22H21FN2O4S. The summed E-state index contributed by atoms with van der Waals surface area (Å²) in [6.45, 7) is 0.222. The first-order chi connectivity index (χ1) is 14.5. The van der Waals surface area contributed by atoms with Crippen molar-refractivity contribution >= 4 is 34.9 Å². The largest absolute Gasteiger partial charge is 0.497 e. The number of carbonyl (C=O) groups is 3. The number of nitrogens with zero attached hydrogens (tertiary/aromatic N) is 1. The van der Waals surface area contributed by atoms with Gasteiger partial charge in [0.25, 0.3) is 11.1 Å². The minimum atomic E-state index is -0.485. The molecule has 1 saturated heterocycles. The van der Waals surface area contributed by atoms with Crippen molar-refractivity contribution in [3.8, 4) is 5.75 Å². The standard InChI is InChI=1S/C22H21FN2O4S/c1-29-17-9-6-15(7-10-17)8-11-20(26)24-12-13-25-21(27)19(30-22(25)28)14-16-4-2-3-5-18(16)23/h2-7,9-10,14H,8,11-13H2,1H3,(H,24,26)/b19-14-. The third-order valence-electron chi connectivity index (χ3n) is 4.52. The lowest BCUT2D eigenvalue weighted by atomic mass is 10.1. The summed E-state index contributed by atoms with van der Waals surface area (Å²) in [4.78, 5) is 37.8. The molecule has 3 rings (SSSR count). The van der Waals surface area contributed by atoms with Crippen LogP contribution in [0.1, 0.15) is 17.5 Å². The fourth-order valence-electron chi connectivity index (χ4n) is 2.87. The van der Waals surface area contributed by atoms with Gasteiger partial charge in [0, 0.05) is 25.1 Å². The third-order valence-corrected chi connectivity index (χ3v) is 5.43. The van der Waals surface area contributed by atoms with Crippen LogP contribution in [0.5, 0.6) is 5.75 Å². The Bertz CT molecular complexity index is 975. The van der Waals surface area contributed by atoms with E-state index in [1.54, 1.807) is 19.2 Å². The van der Waals surface area contributed by atoms with Crippen LogP contribution in [0.4, 0.5) is 9.18 Å². The van der Waals surface area contributed by atoms with Gasteiger partial charge in [-0.25, -0.2) is 4.39 Å². The van der Waals surface area contributed by atoms with E-state index in [2.05, 4.69) is 5.32 Å². The molecule has 0 atom stereocenters. The molecule has 0 saturated carbocycles. The highest BCUT2D eigenvalue weighted by atomic mass is 32.2. The maximum absolute atomic E-state index is 13.8. The summed E-state index contributed by atoms with van der Waals surface area (Å²) >= 11 is 0.764. The Hall–Kier alpha value is -3.13. The highest BCUT2D eigenvalue weighted by Gasteiger charge is 2.34. The number of carbonyl (C=O) groups excluding carboxylic acids is 3. The highest BCUT2D eigenvalue weighted by Crippen LogP contribution is 2.32. The van der Waals surface area contributed by atoms with Gasteiger partial charge in [-0.15, -0.1) is 0 Å². The van der Waals surface area contributed by atoms with Crippen molar-refractivity contribution in [2.45, 2.75) is 12.8 Å². The fraction of sp³-hybridized carbons (Fsp3) is 0.227. The van der Waals surface area contributed by atoms with E-state index in [4.69, 9.17) is 4.74 Å². The normalized spacial score (nSPS) is 15.0. The van der Waals surface area contributed by atoms with Gasteiger partial charge in [-0.1, -0.05) is 30.3 Å². The second-order valence-electron chi connectivity index (χ2n) is 6.55. The van der Waals surface area contributed by atoms with Crippen LogP contribution in [0.15, 0.2) is 53.4 Å². The molecule has 0 bridgehead atoms. The van der Waals surface area contributed by atoms with Crippen molar-refractivity contribution in [2.75, 3.05) is 20.2 Å². The molecular weight excluding hydrogens is 407 g/mol. The molecule has 1 aliphatic rings. The Kier molecular flexibility index (Phi) is 7.24. The Morgan fingerprint density at radius 2 is 1.90 bits per heavy atom. The zero-order valence-electron chi connectivity index (χ0n) is 16.4. The molecule has 0 spiro atoms. The van der Waals surface area contributed by atoms with E-state index in [1.807, 2.05) is 24.3 Å². The van der Waals surface area contributed by atoms with E-state index < -0.39 is 17.0 Å². The molecule has 1 heterocycles. The summed E-state index contributed by atoms with van der Waals surface area (Å²) in [5.74, 6) is -0.363. The van der Waals surface area contributed by atoms with Crippen molar-refractivity contribution in [3.63, 3.8) is 0 Å². The molecule has 0 aliphatic carbocycles. The van der Waals surface area contributed by atoms with Crippen molar-refractivity contribution in [3.05, 3.63) is 70.4 Å². The zero-order valence-corrected chi connectivity index (χ0v) is 17.2. The van der Waals surface area contributed by atoms with Gasteiger partial charge in [0.2, 0.25) is 5.91 Å². The molecule has 6 nitrogen and oxygen atoms in total. The lowest BCUT2D eigenvalue weighted by molar-refractivity contribution is -0.124. The molecule has 8 heteroatoms. The first kappa shape index (κ1) is 21.6. The number of rotatable bonds is 8. The average molecular weight is 428 g/mol. The van der Waals surface area contributed by atoms with E-state index in [-0.39, 0.29) is 29.5 Å². The number of hydrogen-bond acceptors (Lipinski definition) is 5. The number of imide groups is 1. The number of hydrogen-bond donors (Lipinski definition) is 1. The van der Waals surface area contributed by atoms with E-state index >= 15 is 0 Å². The molecule has 0 aromatic heterocycles. The molecule has 1 fully saturated rings. The predicted octanol–water partition coefficient (Wildman–Crippen LogP) is 3.62. The number of benzene rings is 2. The first-order valence-corrected chi connectivity index (χ1v) is 10.2. The van der Waals surface area contributed by atoms with Gasteiger partial charge >= 0.3 is 0 Å². The summed E-state index contributed by atoms with van der Waals surface area (Å²) < 4.78 is 18.9. The van der Waals surface area contributed by atoms with Gasteiger partial charge in [0.15, 0.2) is 0 Å². The highest BCUT2D eigenvalue weighted by molar-refractivity contribution is 8.18. The summed E-state index contributed by atoms with van der Waals surface area (Å²) in [6, 6.07) is 13.5. The Labute approximate surface area is 178 Å². The lowest BCUT2D eigenvalue weighted by Crippen LogP contribution is -2.37. The lowest BCUT2D eigenvalue weighted by Gasteiger charge is -2.13. The van der Waals surface area contributed by atoms with Crippen LogP contribution in [0.2, 0.25) is 0 Å². The number of thioether (sulfide) groups is 1. The van der Waals surface area contributed by atoms with E-state index in [1.165, 1.54) is 18.2 Å². The second-order valence-corrected chi connectivity index (χ2v) is 7.55. The van der Waals surface area contributed by atoms with Crippen molar-refractivity contribution < 1.29 is 23.5 Å². The van der Waals surface area contributed by atoms with E-state index in [0.29, 0.717) is 12.8 Å². The number of nitrogens with one attached hydrogen (secondary N) is 1. The zero-order chi connectivity index (χ0) is 21.5. The van der Waals surface area contributed by atoms with Crippen molar-refractivity contribution in [1.29, 1.82) is 0 Å². The predicted molar refractivity (Wildman–Crippen MR) is 113 cm³/mol. The van der Waals surface area contributed by atoms with Crippen LogP contribution in [0.3, 0.4) is 0 Å². The Morgan fingerprint density at radius 3 is 2.60 bits per heavy atom. The molecule has 1 aliphatic heterocycles. The van der Waals surface area contributed by atoms with Gasteiger partial charge in [0.05, 0.1) is 12.0 Å². The topological polar surface area (TPSA) is 75.7 Å². The monoisotopic (exact) mass is 428 g/mol. The Morgan fingerprint density at radius 1 is 1.17 bits per heavy atom. The summed E-state index contributed by atoms with van der Waals surface area (Å²) in [6.07, 6.45) is 2.23.